The minimum absolute atomic E-state index is 0.0320. The van der Waals surface area contributed by atoms with Gasteiger partial charge in [0, 0.05) is 30.1 Å². The lowest BCUT2D eigenvalue weighted by Gasteiger charge is -2.47. The Morgan fingerprint density at radius 2 is 1.94 bits per heavy atom. The molecule has 4 rings (SSSR count). The lowest BCUT2D eigenvalue weighted by atomic mass is 9.84. The topological polar surface area (TPSA) is 65.8 Å². The Bertz CT molecular complexity index is 954. The van der Waals surface area contributed by atoms with E-state index in [1.165, 1.54) is 0 Å². The molecule has 1 atom stereocenters. The maximum absolute atomic E-state index is 12.3. The lowest BCUT2D eigenvalue weighted by Crippen LogP contribution is -2.60. The van der Waals surface area contributed by atoms with Gasteiger partial charge in [0.15, 0.2) is 6.23 Å². The van der Waals surface area contributed by atoms with Crippen LogP contribution in [0.4, 0.5) is 4.79 Å². The fourth-order valence-electron chi connectivity index (χ4n) is 4.07. The number of hydrogen-bond donors (Lipinski definition) is 0. The second-order valence-corrected chi connectivity index (χ2v) is 11.0. The molecule has 1 unspecified atom stereocenters. The van der Waals surface area contributed by atoms with Gasteiger partial charge in [-0.2, -0.15) is 5.10 Å². The van der Waals surface area contributed by atoms with Crippen molar-refractivity contribution in [1.29, 1.82) is 0 Å². The van der Waals surface area contributed by atoms with E-state index in [1.54, 1.807) is 4.90 Å². The van der Waals surface area contributed by atoms with Crippen LogP contribution in [0.3, 0.4) is 0 Å². The van der Waals surface area contributed by atoms with E-state index >= 15 is 0 Å². The molecular weight excluding hydrogens is 462 g/mol. The number of carbonyl (C=O) groups excluding carboxylic acids is 1. The average molecular weight is 494 g/mol. The van der Waals surface area contributed by atoms with Crippen molar-refractivity contribution in [3.63, 3.8) is 0 Å². The van der Waals surface area contributed by atoms with Gasteiger partial charge in [0.05, 0.1) is 17.1 Å². The number of rotatable bonds is 4. The molecule has 7 nitrogen and oxygen atoms in total. The van der Waals surface area contributed by atoms with Crippen LogP contribution in [0.2, 0.25) is 0 Å². The largest absolute Gasteiger partial charge is 0.487 e. The molecule has 1 amide bonds. The monoisotopic (exact) mass is 493 g/mol. The number of nitrogens with zero attached hydrogens (tertiary/aromatic N) is 3. The lowest BCUT2D eigenvalue weighted by molar-refractivity contribution is -0.0544. The number of hydrogen-bond acceptors (Lipinski definition) is 5. The summed E-state index contributed by atoms with van der Waals surface area (Å²) in [6.07, 6.45) is 4.77. The summed E-state index contributed by atoms with van der Waals surface area (Å²) >= 11 is 3.63. The normalized spacial score (nSPS) is 20.6. The molecule has 2 aliphatic heterocycles. The van der Waals surface area contributed by atoms with E-state index in [-0.39, 0.29) is 18.2 Å². The predicted molar refractivity (Wildman–Crippen MR) is 122 cm³/mol. The molecule has 0 saturated carbocycles. The highest BCUT2D eigenvalue weighted by Gasteiger charge is 2.44. The maximum atomic E-state index is 12.3. The summed E-state index contributed by atoms with van der Waals surface area (Å²) in [5.41, 5.74) is 0.0598. The summed E-state index contributed by atoms with van der Waals surface area (Å²) < 4.78 is 20.8. The Kier molecular flexibility index (Phi) is 5.98. The number of ether oxygens (including phenoxy) is 3. The quantitative estimate of drug-likeness (QED) is 0.560. The van der Waals surface area contributed by atoms with Gasteiger partial charge in [0.1, 0.15) is 17.0 Å². The van der Waals surface area contributed by atoms with Gasteiger partial charge in [0.2, 0.25) is 0 Å². The molecule has 8 heteroatoms. The summed E-state index contributed by atoms with van der Waals surface area (Å²) in [5, 5.41) is 5.59. The van der Waals surface area contributed by atoms with Crippen LogP contribution in [0.5, 0.6) is 5.75 Å². The summed E-state index contributed by atoms with van der Waals surface area (Å²) in [6, 6.07) is 4.05. The van der Waals surface area contributed by atoms with E-state index in [2.05, 4.69) is 40.9 Å². The molecule has 1 aromatic carbocycles. The van der Waals surface area contributed by atoms with Crippen molar-refractivity contribution in [1.82, 2.24) is 14.7 Å². The molecule has 170 valence electrons. The second-order valence-electron chi connectivity index (χ2n) is 10.0. The maximum Gasteiger partial charge on any atom is 0.410 e. The van der Waals surface area contributed by atoms with Gasteiger partial charge in [-0.05, 0) is 66.0 Å². The second kappa shape index (κ2) is 8.28. The molecule has 0 radical (unpaired) electrons. The minimum Gasteiger partial charge on any atom is -0.487 e. The average Bonchev–Trinajstić information content (AvgIpc) is 3.02. The molecule has 0 aliphatic carbocycles. The number of halogens is 1. The van der Waals surface area contributed by atoms with Gasteiger partial charge >= 0.3 is 6.09 Å². The van der Waals surface area contributed by atoms with E-state index in [0.717, 1.165) is 47.0 Å². The van der Waals surface area contributed by atoms with Crippen LogP contribution in [-0.2, 0) is 9.47 Å². The fraction of sp³-hybridized carbons (Fsp3) is 0.652. The van der Waals surface area contributed by atoms with Crippen LogP contribution >= 0.6 is 15.9 Å². The van der Waals surface area contributed by atoms with Crippen LogP contribution in [0.25, 0.3) is 10.9 Å². The summed E-state index contributed by atoms with van der Waals surface area (Å²) in [4.78, 5) is 14.0. The van der Waals surface area contributed by atoms with Gasteiger partial charge in [0.25, 0.3) is 0 Å². The zero-order valence-electron chi connectivity index (χ0n) is 19.0. The highest BCUT2D eigenvalue weighted by Crippen LogP contribution is 2.38. The zero-order chi connectivity index (χ0) is 22.4. The van der Waals surface area contributed by atoms with Crippen LogP contribution in [-0.4, -0.2) is 51.7 Å². The zero-order valence-corrected chi connectivity index (χ0v) is 20.6. The first-order valence-corrected chi connectivity index (χ1v) is 11.8. The van der Waals surface area contributed by atoms with Gasteiger partial charge in [-0.3, -0.25) is 0 Å². The first-order chi connectivity index (χ1) is 14.5. The Balaban J connectivity index is 1.49. The van der Waals surface area contributed by atoms with Crippen LogP contribution in [0.15, 0.2) is 22.8 Å². The third kappa shape index (κ3) is 4.85. The Hall–Kier alpha value is -1.80. The van der Waals surface area contributed by atoms with Crippen LogP contribution in [0.1, 0.15) is 60.1 Å². The number of carbonyl (C=O) groups is 1. The van der Waals surface area contributed by atoms with Crippen molar-refractivity contribution in [2.75, 3.05) is 19.7 Å². The van der Waals surface area contributed by atoms with E-state index < -0.39 is 11.2 Å². The number of aromatic nitrogens is 2. The molecule has 2 aromatic rings. The van der Waals surface area contributed by atoms with Gasteiger partial charge in [-0.1, -0.05) is 15.9 Å². The number of benzene rings is 1. The summed E-state index contributed by atoms with van der Waals surface area (Å²) in [5.74, 6) is 0.998. The third-order valence-electron chi connectivity index (χ3n) is 5.96. The van der Waals surface area contributed by atoms with Gasteiger partial charge in [-0.25, -0.2) is 9.48 Å². The predicted octanol–water partition coefficient (Wildman–Crippen LogP) is 5.52. The minimum atomic E-state index is -0.488. The first kappa shape index (κ1) is 22.4. The van der Waals surface area contributed by atoms with E-state index in [1.807, 2.05) is 37.7 Å². The Morgan fingerprint density at radius 3 is 2.58 bits per heavy atom. The van der Waals surface area contributed by atoms with Gasteiger partial charge < -0.3 is 19.1 Å². The molecule has 2 fully saturated rings. The van der Waals surface area contributed by atoms with Crippen molar-refractivity contribution in [3.8, 4) is 5.75 Å². The molecule has 0 N–H and O–H groups in total. The molecular formula is C23H32BrN3O4. The van der Waals surface area contributed by atoms with Gasteiger partial charge in [-0.15, -0.1) is 0 Å². The molecule has 31 heavy (non-hydrogen) atoms. The smallest absolute Gasteiger partial charge is 0.410 e. The Labute approximate surface area is 192 Å². The van der Waals surface area contributed by atoms with E-state index in [9.17, 15) is 4.79 Å². The molecule has 3 heterocycles. The van der Waals surface area contributed by atoms with Crippen molar-refractivity contribution in [2.24, 2.45) is 5.92 Å². The molecule has 1 aromatic heterocycles. The standard InChI is InChI=1S/C23H32BrN3O4/c1-22(2,3)31-21(28)26-13-15(14-26)23(4,5)30-19-11-16(24)10-18-17(19)12-25-27(18)20-8-6-7-9-29-20/h10-12,15,20H,6-9,13-14H2,1-5H3. The fourth-order valence-corrected chi connectivity index (χ4v) is 4.50. The van der Waals surface area contributed by atoms with E-state index in [0.29, 0.717) is 13.1 Å². The van der Waals surface area contributed by atoms with Crippen molar-refractivity contribution >= 4 is 32.9 Å². The highest BCUT2D eigenvalue weighted by molar-refractivity contribution is 9.10. The summed E-state index contributed by atoms with van der Waals surface area (Å²) in [7, 11) is 0. The Morgan fingerprint density at radius 1 is 1.19 bits per heavy atom. The van der Waals surface area contributed by atoms with Crippen molar-refractivity contribution < 1.29 is 19.0 Å². The number of amides is 1. The first-order valence-electron chi connectivity index (χ1n) is 11.0. The number of fused-ring (bicyclic) bond motifs is 1. The molecule has 0 bridgehead atoms. The van der Waals surface area contributed by atoms with Crippen LogP contribution in [0, 0.1) is 5.92 Å². The van der Waals surface area contributed by atoms with Crippen LogP contribution < -0.4 is 4.74 Å². The van der Waals surface area contributed by atoms with Crippen molar-refractivity contribution in [3.05, 3.63) is 22.8 Å². The highest BCUT2D eigenvalue weighted by atomic mass is 79.9. The summed E-state index contributed by atoms with van der Waals surface area (Å²) in [6.45, 7) is 11.8. The number of likely N-dealkylation sites (tertiary alicyclic amines) is 1. The SMILES string of the molecule is CC(C)(C)OC(=O)N1CC(C(C)(C)Oc2cc(Br)cc3c2cnn3C2CCCCO2)C1. The molecule has 2 saturated heterocycles. The van der Waals surface area contributed by atoms with E-state index in [4.69, 9.17) is 14.2 Å². The van der Waals surface area contributed by atoms with Crippen molar-refractivity contribution in [2.45, 2.75) is 71.3 Å². The molecule has 2 aliphatic rings. The molecule has 0 spiro atoms. The third-order valence-corrected chi connectivity index (χ3v) is 6.42.